The van der Waals surface area contributed by atoms with Crippen molar-refractivity contribution < 1.29 is 50.6 Å². The number of nitro benzene ring substituents is 3. The van der Waals surface area contributed by atoms with Gasteiger partial charge in [0.15, 0.2) is 0 Å². The number of rotatable bonds is 14. The van der Waals surface area contributed by atoms with Crippen LogP contribution < -0.4 is 28.3 Å². The summed E-state index contributed by atoms with van der Waals surface area (Å²) in [6.07, 6.45) is 9.35. The van der Waals surface area contributed by atoms with Gasteiger partial charge < -0.3 is 52.3 Å². The molecule has 0 unspecified atom stereocenters. The summed E-state index contributed by atoms with van der Waals surface area (Å²) in [5.74, 6) is 0. The van der Waals surface area contributed by atoms with E-state index in [4.69, 9.17) is 47.8 Å². The molecule has 6 aromatic rings. The molecule has 26 nitrogen and oxygen atoms in total. The fourth-order valence-corrected chi connectivity index (χ4v) is 11.6. The predicted molar refractivity (Wildman–Crippen MR) is 387 cm³/mol. The van der Waals surface area contributed by atoms with Gasteiger partial charge in [-0.15, -0.1) is 0 Å². The van der Waals surface area contributed by atoms with Crippen molar-refractivity contribution in [1.82, 2.24) is 24.3 Å². The zero-order valence-corrected chi connectivity index (χ0v) is 60.0. The number of nitrogen functional groups attached to an aromatic ring is 3. The Bertz CT molecular complexity index is 3470. The Morgan fingerprint density at radius 3 is 1.44 bits per heavy atom. The van der Waals surface area contributed by atoms with Gasteiger partial charge in [-0.25, -0.2) is 21.6 Å². The van der Waals surface area contributed by atoms with Gasteiger partial charge in [-0.1, -0.05) is 83.0 Å². The standard InChI is InChI=1S/C13H20N2O2.C11H17N3O2S.C11H16N2O.C8H10N2O2.C7H6BrNO2.C6H4ClNO4S.C6H13N.C5H10O/c1-13(2,3)17-12(16)15-9-8-10-4-6-11(14)7-5-10;1-13-5-7-14(8-6-13)17(15,16)11-4-2-3-10(12)9-11;12-11-3-1-10(2-4-11)9-13-5-7-14-8-6-13;9-6-5-7-1-3-8(4-2-7)10(11)12;8-5-6-1-3-7(4-2-6)9(10)11;7-13(11,12)6-3-1-2-5(4-6)8(9)10;1-7-5-3-2-4-6-7;1-2-4-6-5-3-1/h4-7H,8-9,14H2,1-3H3,(H,15,16);2-4,9H,5-8,12H2,1H3;1-4H,5-9,12H2;1-4H,5-6,9H2;1-4H,5H2;1-4H;2-6H2,1H3;1-5H2. The maximum atomic E-state index is 12.3. The number of nitrogens with two attached hydrogens (primary N) is 4. The van der Waals surface area contributed by atoms with Gasteiger partial charge in [0.05, 0.1) is 37.8 Å². The van der Waals surface area contributed by atoms with E-state index in [0.29, 0.717) is 31.9 Å². The summed E-state index contributed by atoms with van der Waals surface area (Å²) in [6.45, 7) is 18.7. The maximum absolute atomic E-state index is 12.3. The number of amides is 1. The molecular weight excluding hydrogens is 1380 g/mol. The smallest absolute Gasteiger partial charge is 0.407 e. The number of morpholine rings is 1. The number of carbonyl (C=O) groups excluding carboxylic acids is 1. The molecule has 0 saturated carbocycles. The van der Waals surface area contributed by atoms with Crippen LogP contribution in [0.2, 0.25) is 0 Å². The Hall–Kier alpha value is -7.42. The molecule has 0 aliphatic carbocycles. The first-order chi connectivity index (χ1) is 46.0. The minimum atomic E-state index is -3.89. The molecule has 9 N–H and O–H groups in total. The fraction of sp³-hybridized carbons (Fsp3) is 0.448. The average Bonchev–Trinajstić information content (AvgIpc) is 0.812. The molecule has 10 rings (SSSR count). The van der Waals surface area contributed by atoms with E-state index >= 15 is 0 Å². The number of hydrogen-bond acceptors (Lipinski definition) is 21. The molecule has 0 spiro atoms. The number of nitrogens with one attached hydrogen (secondary N) is 1. The second-order valence-corrected chi connectivity index (χ2v) is 28.6. The van der Waals surface area contributed by atoms with Gasteiger partial charge in [-0.3, -0.25) is 35.2 Å². The van der Waals surface area contributed by atoms with Crippen LogP contribution in [-0.4, -0.2) is 168 Å². The molecule has 4 aliphatic heterocycles. The number of piperidine rings is 1. The lowest BCUT2D eigenvalue weighted by Gasteiger charge is -2.31. The molecular formula is C67H96BrClN12O14S2. The number of likely N-dealkylation sites (N-methyl/N-ethyl adjacent to an activating group) is 1. The van der Waals surface area contributed by atoms with Gasteiger partial charge in [0, 0.05) is 135 Å². The highest BCUT2D eigenvalue weighted by atomic mass is 79.9. The number of ether oxygens (including phenoxy) is 3. The Balaban J connectivity index is 0.000000293. The number of piperazine rings is 1. The van der Waals surface area contributed by atoms with Crippen LogP contribution in [0.3, 0.4) is 0 Å². The number of alkyl carbamates (subject to hydrolysis) is 1. The molecule has 6 aromatic carbocycles. The summed E-state index contributed by atoms with van der Waals surface area (Å²) in [4.78, 5) is 47.5. The van der Waals surface area contributed by atoms with Crippen molar-refractivity contribution in [1.29, 1.82) is 0 Å². The quantitative estimate of drug-likeness (QED) is 0.0222. The third kappa shape index (κ3) is 36.7. The van der Waals surface area contributed by atoms with Crippen LogP contribution in [0.15, 0.2) is 155 Å². The Morgan fingerprint density at radius 1 is 0.557 bits per heavy atom. The number of halogens is 2. The lowest BCUT2D eigenvalue weighted by molar-refractivity contribution is -0.385. The van der Waals surface area contributed by atoms with Crippen LogP contribution >= 0.6 is 26.6 Å². The number of non-ortho nitro benzene ring substituents is 3. The largest absolute Gasteiger partial charge is 0.444 e. The molecule has 534 valence electrons. The molecule has 0 aromatic heterocycles. The predicted octanol–water partition coefficient (Wildman–Crippen LogP) is 11.0. The fourth-order valence-electron chi connectivity index (χ4n) is 8.95. The number of nitrogens with zero attached hydrogens (tertiary/aromatic N) is 7. The van der Waals surface area contributed by atoms with Crippen molar-refractivity contribution in [3.8, 4) is 0 Å². The number of carbonyl (C=O) groups is 1. The minimum Gasteiger partial charge on any atom is -0.444 e. The van der Waals surface area contributed by atoms with Gasteiger partial charge in [0.25, 0.3) is 26.1 Å². The molecule has 0 bridgehead atoms. The number of benzene rings is 6. The zero-order valence-electron chi connectivity index (χ0n) is 56.1. The maximum Gasteiger partial charge on any atom is 0.407 e. The average molecular weight is 1470 g/mol. The number of nitro groups is 3. The summed E-state index contributed by atoms with van der Waals surface area (Å²) in [7, 11) is 1.90. The third-order valence-corrected chi connectivity index (χ3v) is 18.3. The number of anilines is 3. The van der Waals surface area contributed by atoms with Crippen LogP contribution in [0, 0.1) is 30.3 Å². The van der Waals surface area contributed by atoms with E-state index < -0.39 is 39.4 Å². The van der Waals surface area contributed by atoms with Crippen LogP contribution in [0.1, 0.15) is 81.5 Å². The summed E-state index contributed by atoms with van der Waals surface area (Å²) < 4.78 is 63.1. The molecule has 4 aliphatic rings. The molecule has 97 heavy (non-hydrogen) atoms. The number of sulfonamides is 1. The topological polar surface area (TPSA) is 372 Å². The minimum absolute atomic E-state index is 0.121. The zero-order chi connectivity index (χ0) is 71.8. The molecule has 4 heterocycles. The molecule has 30 heteroatoms. The van der Waals surface area contributed by atoms with Crippen molar-refractivity contribution >= 4 is 85.9 Å². The number of hydrogen-bond donors (Lipinski definition) is 5. The number of likely N-dealkylation sites (tertiary alicyclic amines) is 1. The van der Waals surface area contributed by atoms with Crippen LogP contribution in [-0.2, 0) is 58.0 Å². The van der Waals surface area contributed by atoms with Crippen LogP contribution in [0.5, 0.6) is 0 Å². The van der Waals surface area contributed by atoms with E-state index in [9.17, 15) is 52.0 Å². The van der Waals surface area contributed by atoms with Crippen LogP contribution in [0.25, 0.3) is 0 Å². The first kappa shape index (κ1) is 83.8. The molecule has 4 saturated heterocycles. The third-order valence-electron chi connectivity index (χ3n) is 14.4. The van der Waals surface area contributed by atoms with Crippen molar-refractivity contribution in [3.63, 3.8) is 0 Å². The Kier molecular flexibility index (Phi) is 39.1. The van der Waals surface area contributed by atoms with Gasteiger partial charge in [0.2, 0.25) is 10.0 Å². The van der Waals surface area contributed by atoms with E-state index in [1.165, 1.54) is 110 Å². The summed E-state index contributed by atoms with van der Waals surface area (Å²) in [5, 5.41) is 34.1. The van der Waals surface area contributed by atoms with E-state index in [1.54, 1.807) is 42.5 Å². The van der Waals surface area contributed by atoms with E-state index in [-0.39, 0.29) is 32.9 Å². The summed E-state index contributed by atoms with van der Waals surface area (Å²) in [6, 6.07) is 39.6. The van der Waals surface area contributed by atoms with E-state index in [0.717, 1.165) is 111 Å². The van der Waals surface area contributed by atoms with Crippen molar-refractivity contribution in [2.24, 2.45) is 5.73 Å². The normalized spacial score (nSPS) is 15.1. The highest BCUT2D eigenvalue weighted by Gasteiger charge is 2.27. The highest BCUT2D eigenvalue weighted by Crippen LogP contribution is 2.22. The van der Waals surface area contributed by atoms with Gasteiger partial charge in [0.1, 0.15) is 5.60 Å². The molecule has 0 atom stereocenters. The van der Waals surface area contributed by atoms with Crippen molar-refractivity contribution in [2.75, 3.05) is 123 Å². The first-order valence-electron chi connectivity index (χ1n) is 31.7. The van der Waals surface area contributed by atoms with Gasteiger partial charge >= 0.3 is 6.09 Å². The molecule has 0 radical (unpaired) electrons. The summed E-state index contributed by atoms with van der Waals surface area (Å²) >= 11 is 3.25. The highest BCUT2D eigenvalue weighted by molar-refractivity contribution is 9.08. The lowest BCUT2D eigenvalue weighted by atomic mass is 10.1. The number of alkyl halides is 1. The Labute approximate surface area is 584 Å². The second kappa shape index (κ2) is 45.2. The van der Waals surface area contributed by atoms with E-state index in [1.807, 2.05) is 64.2 Å². The van der Waals surface area contributed by atoms with E-state index in [2.05, 4.69) is 55.1 Å². The lowest BCUT2D eigenvalue weighted by Crippen LogP contribution is -2.47. The van der Waals surface area contributed by atoms with Crippen LogP contribution in [0.4, 0.5) is 38.9 Å². The van der Waals surface area contributed by atoms with Crippen molar-refractivity contribution in [3.05, 3.63) is 198 Å². The SMILES string of the molecule is C1CCOCC1.CC(C)(C)OC(=O)NCCc1ccc(N)cc1.CN1CCCCC1.CN1CCN(S(=O)(=O)c2cccc(N)c2)CC1.NCCc1ccc([N+](=O)[O-])cc1.Nc1ccc(CN2CCOCC2)cc1.O=[N+]([O-])c1ccc(CBr)cc1.O=[N+]([O-])c1cccc(S(=O)(=O)Cl)c1. The first-order valence-corrected chi connectivity index (χ1v) is 36.5. The van der Waals surface area contributed by atoms with Gasteiger partial charge in [-0.05, 0) is 170 Å². The monoisotopic (exact) mass is 1470 g/mol. The molecule has 4 fully saturated rings. The molecule has 1 amide bonds. The summed E-state index contributed by atoms with van der Waals surface area (Å²) in [5.41, 5.74) is 28.2. The van der Waals surface area contributed by atoms with Gasteiger partial charge in [-0.2, -0.15) is 4.31 Å². The van der Waals surface area contributed by atoms with Crippen molar-refractivity contribution in [2.45, 2.75) is 99.4 Å². The second-order valence-electron chi connectivity index (χ2n) is 23.6. The Morgan fingerprint density at radius 2 is 1.01 bits per heavy atom.